The van der Waals surface area contributed by atoms with E-state index in [0.717, 1.165) is 37.0 Å². The highest BCUT2D eigenvalue weighted by Gasteiger charge is 2.32. The Balaban J connectivity index is 1.81. The van der Waals surface area contributed by atoms with Gasteiger partial charge in [-0.3, -0.25) is 4.79 Å². The van der Waals surface area contributed by atoms with Crippen molar-refractivity contribution in [2.75, 3.05) is 4.90 Å². The van der Waals surface area contributed by atoms with Crippen LogP contribution in [-0.4, -0.2) is 37.8 Å². The smallest absolute Gasteiger partial charge is 0.348 e. The van der Waals surface area contributed by atoms with Gasteiger partial charge in [0.05, 0.1) is 11.7 Å². The van der Waals surface area contributed by atoms with E-state index in [2.05, 4.69) is 16.7 Å². The predicted molar refractivity (Wildman–Crippen MR) is 94.9 cm³/mol. The highest BCUT2D eigenvalue weighted by Crippen LogP contribution is 2.36. The molecule has 1 saturated carbocycles. The molecular formula is C17H20N4O3S. The van der Waals surface area contributed by atoms with E-state index in [1.165, 1.54) is 6.33 Å². The van der Waals surface area contributed by atoms with Gasteiger partial charge in [-0.15, -0.1) is 17.9 Å². The summed E-state index contributed by atoms with van der Waals surface area (Å²) >= 11 is 1.14. The molecule has 25 heavy (non-hydrogen) atoms. The fraction of sp³-hybridized carbons (Fsp3) is 0.412. The third-order valence-electron chi connectivity index (χ3n) is 4.53. The number of anilines is 1. The van der Waals surface area contributed by atoms with Gasteiger partial charge in [0.1, 0.15) is 17.5 Å². The number of thiophene rings is 1. The second kappa shape index (κ2) is 7.60. The fourth-order valence-corrected chi connectivity index (χ4v) is 4.12. The van der Waals surface area contributed by atoms with Crippen LogP contribution in [0.5, 0.6) is 0 Å². The molecule has 0 unspecified atom stereocenters. The van der Waals surface area contributed by atoms with E-state index in [9.17, 15) is 14.7 Å². The molecule has 0 spiro atoms. The van der Waals surface area contributed by atoms with Crippen LogP contribution in [-0.2, 0) is 4.79 Å². The van der Waals surface area contributed by atoms with E-state index in [1.54, 1.807) is 28.7 Å². The molecule has 1 aliphatic rings. The Morgan fingerprint density at radius 3 is 2.76 bits per heavy atom. The summed E-state index contributed by atoms with van der Waals surface area (Å²) in [4.78, 5) is 30.0. The predicted octanol–water partition coefficient (Wildman–Crippen LogP) is 3.13. The summed E-state index contributed by atoms with van der Waals surface area (Å²) in [7, 11) is 0. The van der Waals surface area contributed by atoms with Gasteiger partial charge >= 0.3 is 5.97 Å². The molecule has 1 aliphatic carbocycles. The van der Waals surface area contributed by atoms with Crippen molar-refractivity contribution < 1.29 is 14.7 Å². The molecule has 0 aliphatic heterocycles. The molecule has 0 atom stereocenters. The minimum absolute atomic E-state index is 0.0140. The number of carboxylic acids is 1. The summed E-state index contributed by atoms with van der Waals surface area (Å²) in [6, 6.07) is 1.98. The molecule has 7 nitrogen and oxygen atoms in total. The minimum atomic E-state index is -1.00. The molecule has 0 aromatic carbocycles. The first-order chi connectivity index (χ1) is 12.1. The maximum absolute atomic E-state index is 12.7. The molecule has 0 saturated heterocycles. The maximum atomic E-state index is 12.7. The van der Waals surface area contributed by atoms with Crippen molar-refractivity contribution in [1.82, 2.24) is 14.8 Å². The van der Waals surface area contributed by atoms with Gasteiger partial charge in [0, 0.05) is 12.5 Å². The second-order valence-corrected chi connectivity index (χ2v) is 6.95. The molecule has 1 amide bonds. The van der Waals surface area contributed by atoms with Crippen LogP contribution in [0.15, 0.2) is 36.8 Å². The van der Waals surface area contributed by atoms with Gasteiger partial charge in [0.2, 0.25) is 5.91 Å². The number of amides is 1. The first-order valence-corrected chi connectivity index (χ1v) is 9.07. The van der Waals surface area contributed by atoms with Crippen molar-refractivity contribution >= 4 is 28.9 Å². The Hall–Kier alpha value is -2.48. The SMILES string of the molecule is C=CCC(=O)N(c1ccsc1C(=O)O)[C@H]1CC[C@H](n2cncn2)CC1. The van der Waals surface area contributed by atoms with Crippen LogP contribution < -0.4 is 4.90 Å². The molecule has 2 aromatic rings. The van der Waals surface area contributed by atoms with E-state index < -0.39 is 5.97 Å². The van der Waals surface area contributed by atoms with Crippen LogP contribution in [0.4, 0.5) is 5.69 Å². The van der Waals surface area contributed by atoms with E-state index >= 15 is 0 Å². The lowest BCUT2D eigenvalue weighted by molar-refractivity contribution is -0.118. The summed E-state index contributed by atoms with van der Waals surface area (Å²) in [6.07, 6.45) is 8.33. The van der Waals surface area contributed by atoms with Crippen LogP contribution in [0.1, 0.15) is 47.8 Å². The lowest BCUT2D eigenvalue weighted by Gasteiger charge is -2.36. The number of carbonyl (C=O) groups is 2. The Morgan fingerprint density at radius 2 is 2.16 bits per heavy atom. The zero-order chi connectivity index (χ0) is 17.8. The van der Waals surface area contributed by atoms with Crippen molar-refractivity contribution in [2.24, 2.45) is 0 Å². The molecule has 132 valence electrons. The molecule has 0 bridgehead atoms. The van der Waals surface area contributed by atoms with Gasteiger partial charge in [-0.05, 0) is 37.1 Å². The average molecular weight is 360 g/mol. The first-order valence-electron chi connectivity index (χ1n) is 8.19. The average Bonchev–Trinajstić information content (AvgIpc) is 3.28. The quantitative estimate of drug-likeness (QED) is 0.800. The summed E-state index contributed by atoms with van der Waals surface area (Å²) in [6.45, 7) is 3.63. The fourth-order valence-electron chi connectivity index (χ4n) is 3.40. The van der Waals surface area contributed by atoms with E-state index in [-0.39, 0.29) is 29.3 Å². The van der Waals surface area contributed by atoms with Crippen molar-refractivity contribution in [3.8, 4) is 0 Å². The van der Waals surface area contributed by atoms with E-state index in [4.69, 9.17) is 0 Å². The van der Waals surface area contributed by atoms with Gasteiger partial charge in [-0.1, -0.05) is 6.08 Å². The zero-order valence-corrected chi connectivity index (χ0v) is 14.6. The number of carbonyl (C=O) groups excluding carboxylic acids is 1. The highest BCUT2D eigenvalue weighted by atomic mass is 32.1. The molecule has 2 aromatic heterocycles. The Kier molecular flexibility index (Phi) is 5.28. The second-order valence-electron chi connectivity index (χ2n) is 6.03. The van der Waals surface area contributed by atoms with Crippen molar-refractivity contribution in [3.05, 3.63) is 41.6 Å². The topological polar surface area (TPSA) is 88.3 Å². The van der Waals surface area contributed by atoms with Gasteiger partial charge < -0.3 is 10.0 Å². The molecule has 0 radical (unpaired) electrons. The number of hydrogen-bond donors (Lipinski definition) is 1. The summed E-state index contributed by atoms with van der Waals surface area (Å²) in [5.74, 6) is -1.11. The Bertz CT molecular complexity index is 748. The van der Waals surface area contributed by atoms with Crippen LogP contribution in [0.3, 0.4) is 0 Å². The lowest BCUT2D eigenvalue weighted by Crippen LogP contribution is -2.43. The zero-order valence-electron chi connectivity index (χ0n) is 13.7. The number of nitrogens with zero attached hydrogens (tertiary/aromatic N) is 4. The highest BCUT2D eigenvalue weighted by molar-refractivity contribution is 7.12. The maximum Gasteiger partial charge on any atom is 0.348 e. The first kappa shape index (κ1) is 17.3. The van der Waals surface area contributed by atoms with E-state index in [1.807, 2.05) is 4.68 Å². The molecular weight excluding hydrogens is 340 g/mol. The lowest BCUT2D eigenvalue weighted by atomic mass is 9.89. The van der Waals surface area contributed by atoms with Crippen LogP contribution in [0.25, 0.3) is 0 Å². The van der Waals surface area contributed by atoms with Crippen molar-refractivity contribution in [1.29, 1.82) is 0 Å². The summed E-state index contributed by atoms with van der Waals surface area (Å²) in [5, 5.41) is 15.3. The third-order valence-corrected chi connectivity index (χ3v) is 5.42. The third kappa shape index (κ3) is 3.63. The Labute approximate surface area is 149 Å². The monoisotopic (exact) mass is 360 g/mol. The van der Waals surface area contributed by atoms with Gasteiger partial charge in [-0.25, -0.2) is 14.5 Å². The van der Waals surface area contributed by atoms with Crippen LogP contribution >= 0.6 is 11.3 Å². The minimum Gasteiger partial charge on any atom is -0.477 e. The number of aromatic carboxylic acids is 1. The van der Waals surface area contributed by atoms with Gasteiger partial charge in [0.15, 0.2) is 0 Å². The van der Waals surface area contributed by atoms with Crippen LogP contribution in [0, 0.1) is 0 Å². The standard InChI is InChI=1S/C17H20N4O3S/c1-2-3-15(22)21(14-8-9-25-16(14)17(23)24)13-6-4-12(5-7-13)20-11-18-10-19-20/h2,8-13H,1,3-7H2,(H,23,24)/t12-,13-. The molecule has 8 heteroatoms. The van der Waals surface area contributed by atoms with Gasteiger partial charge in [-0.2, -0.15) is 5.10 Å². The molecule has 1 fully saturated rings. The van der Waals surface area contributed by atoms with Crippen molar-refractivity contribution in [3.63, 3.8) is 0 Å². The summed E-state index contributed by atoms with van der Waals surface area (Å²) < 4.78 is 1.86. The molecule has 3 rings (SSSR count). The summed E-state index contributed by atoms with van der Waals surface area (Å²) in [5.41, 5.74) is 0.494. The molecule has 2 heterocycles. The van der Waals surface area contributed by atoms with E-state index in [0.29, 0.717) is 5.69 Å². The molecule has 1 N–H and O–H groups in total. The van der Waals surface area contributed by atoms with Gasteiger partial charge in [0.25, 0.3) is 0 Å². The number of hydrogen-bond acceptors (Lipinski definition) is 5. The van der Waals surface area contributed by atoms with Crippen molar-refractivity contribution in [2.45, 2.75) is 44.2 Å². The normalized spacial score (nSPS) is 20.2. The number of aromatic nitrogens is 3. The number of rotatable bonds is 6. The number of carboxylic acid groups (broad SMARTS) is 1. The van der Waals surface area contributed by atoms with Crippen LogP contribution in [0.2, 0.25) is 0 Å². The largest absolute Gasteiger partial charge is 0.477 e. The Morgan fingerprint density at radius 1 is 1.40 bits per heavy atom.